The number of rotatable bonds is 5. The smallest absolute Gasteiger partial charge is 0.367 e. The Bertz CT molecular complexity index is 975. The van der Waals surface area contributed by atoms with Gasteiger partial charge in [-0.25, -0.2) is 4.98 Å². The Balaban J connectivity index is 1.69. The van der Waals surface area contributed by atoms with Crippen molar-refractivity contribution in [2.24, 2.45) is 0 Å². The van der Waals surface area contributed by atoms with E-state index in [9.17, 15) is 13.2 Å². The number of alkyl halides is 3. The lowest BCUT2D eigenvalue weighted by Gasteiger charge is -2.15. The minimum Gasteiger partial charge on any atom is -0.367 e. The summed E-state index contributed by atoms with van der Waals surface area (Å²) in [5.74, 6) is -0.0801. The molecule has 2 heterocycles. The molecule has 0 bridgehead atoms. The van der Waals surface area contributed by atoms with Crippen LogP contribution in [0.3, 0.4) is 0 Å². The van der Waals surface area contributed by atoms with Crippen molar-refractivity contribution in [3.05, 3.63) is 36.2 Å². The second-order valence-electron chi connectivity index (χ2n) is 6.92. The molecule has 0 aliphatic heterocycles. The first-order chi connectivity index (χ1) is 12.8. The van der Waals surface area contributed by atoms with Crippen molar-refractivity contribution in [1.29, 1.82) is 0 Å². The standard InChI is InChI=1S/C18H19F3N6/c1-10(2)27-15-5-3-4-14(12(15)8-23-27)25-17-22-9-13(18(19,20)21)16(26-17)24-11-6-7-11/h3-5,8-11H,6-7H2,1-2H3,(H2,22,24,25,26). The number of halogens is 3. The Morgan fingerprint density at radius 1 is 1.19 bits per heavy atom. The molecule has 1 aliphatic rings. The fourth-order valence-corrected chi connectivity index (χ4v) is 2.89. The number of hydrogen-bond donors (Lipinski definition) is 2. The van der Waals surface area contributed by atoms with Crippen molar-refractivity contribution in [3.8, 4) is 0 Å². The third-order valence-corrected chi connectivity index (χ3v) is 4.39. The van der Waals surface area contributed by atoms with E-state index in [-0.39, 0.29) is 23.8 Å². The van der Waals surface area contributed by atoms with Crippen LogP contribution in [0.2, 0.25) is 0 Å². The van der Waals surface area contributed by atoms with Gasteiger partial charge in [-0.3, -0.25) is 4.68 Å². The summed E-state index contributed by atoms with van der Waals surface area (Å²) in [6.45, 7) is 4.06. The monoisotopic (exact) mass is 376 g/mol. The van der Waals surface area contributed by atoms with Crippen LogP contribution < -0.4 is 10.6 Å². The predicted octanol–water partition coefficient (Wildman–Crippen LogP) is 4.74. The molecule has 27 heavy (non-hydrogen) atoms. The van der Waals surface area contributed by atoms with Crippen LogP contribution in [0.15, 0.2) is 30.6 Å². The van der Waals surface area contributed by atoms with Gasteiger partial charge in [-0.15, -0.1) is 0 Å². The van der Waals surface area contributed by atoms with Gasteiger partial charge in [0.25, 0.3) is 0 Å². The van der Waals surface area contributed by atoms with Gasteiger partial charge in [-0.05, 0) is 38.8 Å². The summed E-state index contributed by atoms with van der Waals surface area (Å²) < 4.78 is 41.5. The third-order valence-electron chi connectivity index (χ3n) is 4.39. The van der Waals surface area contributed by atoms with E-state index in [1.54, 1.807) is 6.20 Å². The Labute approximate surface area is 153 Å². The highest BCUT2D eigenvalue weighted by molar-refractivity contribution is 5.92. The van der Waals surface area contributed by atoms with E-state index in [1.165, 1.54) is 0 Å². The molecule has 1 aromatic carbocycles. The molecule has 2 aromatic heterocycles. The van der Waals surface area contributed by atoms with Gasteiger partial charge < -0.3 is 10.6 Å². The Kier molecular flexibility index (Phi) is 4.16. The fourth-order valence-electron chi connectivity index (χ4n) is 2.89. The van der Waals surface area contributed by atoms with Crippen molar-refractivity contribution in [3.63, 3.8) is 0 Å². The maximum absolute atomic E-state index is 13.2. The van der Waals surface area contributed by atoms with Crippen molar-refractivity contribution in [2.75, 3.05) is 10.6 Å². The maximum Gasteiger partial charge on any atom is 0.421 e. The van der Waals surface area contributed by atoms with Gasteiger partial charge in [0.1, 0.15) is 11.4 Å². The van der Waals surface area contributed by atoms with Crippen LogP contribution in [-0.4, -0.2) is 25.8 Å². The fraction of sp³-hybridized carbons (Fsp3) is 0.389. The Morgan fingerprint density at radius 3 is 2.63 bits per heavy atom. The van der Waals surface area contributed by atoms with E-state index in [4.69, 9.17) is 0 Å². The van der Waals surface area contributed by atoms with Crippen LogP contribution in [0.1, 0.15) is 38.3 Å². The van der Waals surface area contributed by atoms with E-state index in [0.29, 0.717) is 5.69 Å². The average molecular weight is 376 g/mol. The topological polar surface area (TPSA) is 67.7 Å². The zero-order valence-corrected chi connectivity index (χ0v) is 14.9. The second kappa shape index (κ2) is 6.40. The van der Waals surface area contributed by atoms with Crippen LogP contribution in [-0.2, 0) is 6.18 Å². The number of anilines is 3. The first-order valence-electron chi connectivity index (χ1n) is 8.77. The number of fused-ring (bicyclic) bond motifs is 1. The molecule has 3 aromatic rings. The molecule has 142 valence electrons. The molecule has 1 aliphatic carbocycles. The summed E-state index contributed by atoms with van der Waals surface area (Å²) in [4.78, 5) is 7.95. The minimum atomic E-state index is -4.51. The lowest BCUT2D eigenvalue weighted by Crippen LogP contribution is -2.15. The molecule has 0 spiro atoms. The Morgan fingerprint density at radius 2 is 1.96 bits per heavy atom. The van der Waals surface area contributed by atoms with Crippen molar-refractivity contribution >= 4 is 28.4 Å². The Hall–Kier alpha value is -2.84. The first kappa shape index (κ1) is 17.6. The molecule has 0 atom stereocenters. The molecule has 4 rings (SSSR count). The molecule has 0 amide bonds. The van der Waals surface area contributed by atoms with E-state index < -0.39 is 11.7 Å². The highest BCUT2D eigenvalue weighted by Gasteiger charge is 2.36. The van der Waals surface area contributed by atoms with Crippen molar-refractivity contribution in [2.45, 2.75) is 44.9 Å². The van der Waals surface area contributed by atoms with Gasteiger partial charge in [0.05, 0.1) is 17.4 Å². The summed E-state index contributed by atoms with van der Waals surface area (Å²) in [7, 11) is 0. The maximum atomic E-state index is 13.2. The quantitative estimate of drug-likeness (QED) is 0.673. The third kappa shape index (κ3) is 3.54. The lowest BCUT2D eigenvalue weighted by atomic mass is 10.2. The molecule has 0 saturated heterocycles. The molecule has 0 radical (unpaired) electrons. The van der Waals surface area contributed by atoms with Crippen LogP contribution in [0.5, 0.6) is 0 Å². The molecular formula is C18H19F3N6. The van der Waals surface area contributed by atoms with E-state index in [0.717, 1.165) is 29.9 Å². The minimum absolute atomic E-state index is 0.0431. The van der Waals surface area contributed by atoms with E-state index >= 15 is 0 Å². The summed E-state index contributed by atoms with van der Waals surface area (Å²) in [6.07, 6.45) is -0.271. The summed E-state index contributed by atoms with van der Waals surface area (Å²) in [6, 6.07) is 5.86. The van der Waals surface area contributed by atoms with Gasteiger partial charge in [0.2, 0.25) is 5.95 Å². The molecule has 1 fully saturated rings. The van der Waals surface area contributed by atoms with Crippen LogP contribution in [0, 0.1) is 0 Å². The van der Waals surface area contributed by atoms with E-state index in [1.807, 2.05) is 36.7 Å². The largest absolute Gasteiger partial charge is 0.421 e. The molecule has 9 heteroatoms. The van der Waals surface area contributed by atoms with Crippen LogP contribution in [0.4, 0.5) is 30.6 Å². The normalized spacial score (nSPS) is 14.7. The van der Waals surface area contributed by atoms with Gasteiger partial charge >= 0.3 is 6.18 Å². The zero-order chi connectivity index (χ0) is 19.2. The number of nitrogens with one attached hydrogen (secondary N) is 2. The second-order valence-corrected chi connectivity index (χ2v) is 6.92. The van der Waals surface area contributed by atoms with Gasteiger partial charge in [0.15, 0.2) is 0 Å². The number of nitrogens with zero attached hydrogens (tertiary/aromatic N) is 4. The van der Waals surface area contributed by atoms with Gasteiger partial charge in [0, 0.05) is 23.7 Å². The first-order valence-corrected chi connectivity index (χ1v) is 8.77. The highest BCUT2D eigenvalue weighted by Crippen LogP contribution is 2.36. The van der Waals surface area contributed by atoms with Crippen LogP contribution in [0.25, 0.3) is 10.9 Å². The molecule has 1 saturated carbocycles. The number of hydrogen-bond acceptors (Lipinski definition) is 5. The average Bonchev–Trinajstić information content (AvgIpc) is 3.29. The lowest BCUT2D eigenvalue weighted by molar-refractivity contribution is -0.137. The summed E-state index contributed by atoms with van der Waals surface area (Å²) in [5.41, 5.74) is 0.764. The molecule has 0 unspecified atom stereocenters. The van der Waals surface area contributed by atoms with E-state index in [2.05, 4.69) is 25.7 Å². The SMILES string of the molecule is CC(C)n1ncc2c(Nc3ncc(C(F)(F)F)c(NC4CC4)n3)cccc21. The predicted molar refractivity (Wildman–Crippen MR) is 97.1 cm³/mol. The highest BCUT2D eigenvalue weighted by atomic mass is 19.4. The number of aromatic nitrogens is 4. The van der Waals surface area contributed by atoms with Gasteiger partial charge in [-0.2, -0.15) is 23.3 Å². The van der Waals surface area contributed by atoms with Crippen LogP contribution >= 0.6 is 0 Å². The number of benzene rings is 1. The zero-order valence-electron chi connectivity index (χ0n) is 14.9. The van der Waals surface area contributed by atoms with Crippen molar-refractivity contribution in [1.82, 2.24) is 19.7 Å². The molecule has 2 N–H and O–H groups in total. The molecular weight excluding hydrogens is 357 g/mol. The summed E-state index contributed by atoms with van der Waals surface area (Å²) >= 11 is 0. The summed E-state index contributed by atoms with van der Waals surface area (Å²) in [5, 5.41) is 11.1. The van der Waals surface area contributed by atoms with Gasteiger partial charge in [-0.1, -0.05) is 6.07 Å². The van der Waals surface area contributed by atoms with Crippen molar-refractivity contribution < 1.29 is 13.2 Å². The molecule has 6 nitrogen and oxygen atoms in total.